The van der Waals surface area contributed by atoms with Crippen molar-refractivity contribution in [2.45, 2.75) is 25.9 Å². The zero-order valence-electron chi connectivity index (χ0n) is 9.81. The van der Waals surface area contributed by atoms with E-state index in [1.54, 1.807) is 7.11 Å². The highest BCUT2D eigenvalue weighted by Gasteiger charge is 2.10. The highest BCUT2D eigenvalue weighted by Crippen LogP contribution is 2.16. The Balaban J connectivity index is 2.34. The molecule has 0 spiro atoms. The van der Waals surface area contributed by atoms with Gasteiger partial charge in [-0.3, -0.25) is 4.79 Å². The van der Waals surface area contributed by atoms with E-state index in [1.165, 1.54) is 0 Å². The molecule has 0 aromatic heterocycles. The molecule has 0 heterocycles. The summed E-state index contributed by atoms with van der Waals surface area (Å²) >= 11 is 0. The molecule has 0 bridgehead atoms. The molecule has 1 aromatic rings. The molecular formula is C13H18O3. The first-order valence-corrected chi connectivity index (χ1v) is 5.47. The summed E-state index contributed by atoms with van der Waals surface area (Å²) in [6, 6.07) is 9.71. The number of ether oxygens (including phenoxy) is 2. The molecule has 0 aliphatic rings. The lowest BCUT2D eigenvalue weighted by Crippen LogP contribution is -2.09. The average molecular weight is 222 g/mol. The van der Waals surface area contributed by atoms with Crippen molar-refractivity contribution in [2.75, 3.05) is 13.7 Å². The van der Waals surface area contributed by atoms with Crippen LogP contribution >= 0.6 is 0 Å². The van der Waals surface area contributed by atoms with Crippen molar-refractivity contribution in [3.63, 3.8) is 0 Å². The fourth-order valence-corrected chi connectivity index (χ4v) is 1.41. The van der Waals surface area contributed by atoms with Crippen LogP contribution in [-0.2, 0) is 14.3 Å². The van der Waals surface area contributed by atoms with Crippen molar-refractivity contribution in [1.29, 1.82) is 0 Å². The van der Waals surface area contributed by atoms with Gasteiger partial charge in [-0.1, -0.05) is 30.3 Å². The quantitative estimate of drug-likeness (QED) is 0.548. The van der Waals surface area contributed by atoms with Crippen molar-refractivity contribution in [3.05, 3.63) is 35.9 Å². The van der Waals surface area contributed by atoms with E-state index >= 15 is 0 Å². The minimum Gasteiger partial charge on any atom is -0.458 e. The van der Waals surface area contributed by atoms with Gasteiger partial charge in [0.15, 0.2) is 0 Å². The molecule has 16 heavy (non-hydrogen) atoms. The molecule has 0 amide bonds. The smallest absolute Gasteiger partial charge is 0.306 e. The van der Waals surface area contributed by atoms with Crippen molar-refractivity contribution in [3.8, 4) is 0 Å². The summed E-state index contributed by atoms with van der Waals surface area (Å²) in [5.41, 5.74) is 1.02. The summed E-state index contributed by atoms with van der Waals surface area (Å²) in [6.07, 6.45) is 0.929. The average Bonchev–Trinajstić information content (AvgIpc) is 2.30. The van der Waals surface area contributed by atoms with E-state index < -0.39 is 0 Å². The second kappa shape index (κ2) is 7.01. The van der Waals surface area contributed by atoms with Gasteiger partial charge in [-0.25, -0.2) is 0 Å². The standard InChI is InChI=1S/C13H18O3/c1-11(12-7-4-3-5-8-12)16-13(14)9-6-10-15-2/h3-5,7-8,11H,6,9-10H2,1-2H3. The van der Waals surface area contributed by atoms with Crippen LogP contribution in [0.15, 0.2) is 30.3 Å². The van der Waals surface area contributed by atoms with E-state index in [1.807, 2.05) is 37.3 Å². The van der Waals surface area contributed by atoms with Crippen molar-refractivity contribution in [1.82, 2.24) is 0 Å². The lowest BCUT2D eigenvalue weighted by molar-refractivity contribution is -0.148. The molecule has 0 saturated heterocycles. The molecule has 3 heteroatoms. The fraction of sp³-hybridized carbons (Fsp3) is 0.462. The molecule has 0 aliphatic carbocycles. The molecule has 0 saturated carbocycles. The van der Waals surface area contributed by atoms with Crippen LogP contribution in [0.3, 0.4) is 0 Å². The molecule has 1 aromatic carbocycles. The Morgan fingerprint density at radius 3 is 2.62 bits per heavy atom. The van der Waals surface area contributed by atoms with Crippen LogP contribution < -0.4 is 0 Å². The summed E-state index contributed by atoms with van der Waals surface area (Å²) in [4.78, 5) is 11.4. The molecule has 1 unspecified atom stereocenters. The summed E-state index contributed by atoms with van der Waals surface area (Å²) < 4.78 is 10.2. The van der Waals surface area contributed by atoms with Gasteiger partial charge in [0.2, 0.25) is 0 Å². The van der Waals surface area contributed by atoms with Gasteiger partial charge < -0.3 is 9.47 Å². The van der Waals surface area contributed by atoms with Gasteiger partial charge >= 0.3 is 5.97 Å². The monoisotopic (exact) mass is 222 g/mol. The normalized spacial score (nSPS) is 12.1. The summed E-state index contributed by atoms with van der Waals surface area (Å²) in [5.74, 6) is -0.173. The highest BCUT2D eigenvalue weighted by atomic mass is 16.5. The summed E-state index contributed by atoms with van der Waals surface area (Å²) in [5, 5.41) is 0. The van der Waals surface area contributed by atoms with Gasteiger partial charge in [0.25, 0.3) is 0 Å². The summed E-state index contributed by atoms with van der Waals surface area (Å²) in [6.45, 7) is 2.47. The maximum atomic E-state index is 11.4. The van der Waals surface area contributed by atoms with Crippen molar-refractivity contribution in [2.24, 2.45) is 0 Å². The van der Waals surface area contributed by atoms with E-state index in [0.717, 1.165) is 5.56 Å². The molecular weight excluding hydrogens is 204 g/mol. The largest absolute Gasteiger partial charge is 0.458 e. The third kappa shape index (κ3) is 4.45. The number of hydrogen-bond donors (Lipinski definition) is 0. The molecule has 0 N–H and O–H groups in total. The Morgan fingerprint density at radius 2 is 2.00 bits per heavy atom. The topological polar surface area (TPSA) is 35.5 Å². The molecule has 0 radical (unpaired) electrons. The van der Waals surface area contributed by atoms with E-state index in [-0.39, 0.29) is 12.1 Å². The van der Waals surface area contributed by atoms with Gasteiger partial charge in [-0.15, -0.1) is 0 Å². The van der Waals surface area contributed by atoms with Crippen LogP contribution in [-0.4, -0.2) is 19.7 Å². The van der Waals surface area contributed by atoms with E-state index in [9.17, 15) is 4.79 Å². The Morgan fingerprint density at radius 1 is 1.31 bits per heavy atom. The third-order valence-electron chi connectivity index (χ3n) is 2.31. The number of carbonyl (C=O) groups is 1. The molecule has 88 valence electrons. The third-order valence-corrected chi connectivity index (χ3v) is 2.31. The van der Waals surface area contributed by atoms with Crippen LogP contribution in [0, 0.1) is 0 Å². The van der Waals surface area contributed by atoms with E-state index in [0.29, 0.717) is 19.4 Å². The molecule has 1 atom stereocenters. The fourth-order valence-electron chi connectivity index (χ4n) is 1.41. The Labute approximate surface area is 96.4 Å². The zero-order chi connectivity index (χ0) is 11.8. The number of rotatable bonds is 6. The molecule has 0 fully saturated rings. The number of hydrogen-bond acceptors (Lipinski definition) is 3. The Kier molecular flexibility index (Phi) is 5.57. The van der Waals surface area contributed by atoms with Crippen LogP contribution in [0.25, 0.3) is 0 Å². The minimum absolute atomic E-state index is 0.173. The van der Waals surface area contributed by atoms with E-state index in [2.05, 4.69) is 0 Å². The maximum absolute atomic E-state index is 11.4. The second-order valence-corrected chi connectivity index (χ2v) is 3.64. The first kappa shape index (κ1) is 12.7. The van der Waals surface area contributed by atoms with Crippen molar-refractivity contribution < 1.29 is 14.3 Å². The second-order valence-electron chi connectivity index (χ2n) is 3.64. The maximum Gasteiger partial charge on any atom is 0.306 e. The predicted molar refractivity (Wildman–Crippen MR) is 62.1 cm³/mol. The number of carbonyl (C=O) groups excluding carboxylic acids is 1. The lowest BCUT2D eigenvalue weighted by atomic mass is 10.1. The predicted octanol–water partition coefficient (Wildman–Crippen LogP) is 2.72. The molecule has 0 aliphatic heterocycles. The van der Waals surface area contributed by atoms with Gasteiger partial charge in [-0.05, 0) is 18.9 Å². The first-order chi connectivity index (χ1) is 7.74. The van der Waals surface area contributed by atoms with Crippen LogP contribution in [0.1, 0.15) is 31.4 Å². The lowest BCUT2D eigenvalue weighted by Gasteiger charge is -2.13. The number of esters is 1. The zero-order valence-corrected chi connectivity index (χ0v) is 9.81. The van der Waals surface area contributed by atoms with Crippen LogP contribution in [0.5, 0.6) is 0 Å². The van der Waals surface area contributed by atoms with E-state index in [4.69, 9.17) is 9.47 Å². The minimum atomic E-state index is -0.184. The first-order valence-electron chi connectivity index (χ1n) is 5.47. The Hall–Kier alpha value is -1.35. The summed E-state index contributed by atoms with van der Waals surface area (Å²) in [7, 11) is 1.62. The van der Waals surface area contributed by atoms with Crippen LogP contribution in [0.4, 0.5) is 0 Å². The van der Waals surface area contributed by atoms with Gasteiger partial charge in [0.05, 0.1) is 0 Å². The molecule has 1 rings (SSSR count). The molecule has 3 nitrogen and oxygen atoms in total. The number of methoxy groups -OCH3 is 1. The van der Waals surface area contributed by atoms with Gasteiger partial charge in [-0.2, -0.15) is 0 Å². The Bertz CT molecular complexity index is 308. The van der Waals surface area contributed by atoms with Gasteiger partial charge in [0.1, 0.15) is 6.10 Å². The van der Waals surface area contributed by atoms with Crippen LogP contribution in [0.2, 0.25) is 0 Å². The SMILES string of the molecule is COCCCC(=O)OC(C)c1ccccc1. The van der Waals surface area contributed by atoms with Gasteiger partial charge in [0, 0.05) is 20.1 Å². The highest BCUT2D eigenvalue weighted by molar-refractivity contribution is 5.69. The van der Waals surface area contributed by atoms with Crippen molar-refractivity contribution >= 4 is 5.97 Å². The number of benzene rings is 1.